The molecule has 0 fully saturated rings. The zero-order valence-electron chi connectivity index (χ0n) is 61.7. The molecular formula is C79H138O17P2. The second kappa shape index (κ2) is 71.4. The molecule has 0 bridgehead atoms. The van der Waals surface area contributed by atoms with Gasteiger partial charge < -0.3 is 33.8 Å². The van der Waals surface area contributed by atoms with E-state index in [0.717, 1.165) is 141 Å². The van der Waals surface area contributed by atoms with Gasteiger partial charge in [0.25, 0.3) is 0 Å². The maximum absolute atomic E-state index is 13.1. The smallest absolute Gasteiger partial charge is 0.462 e. The fourth-order valence-electron chi connectivity index (χ4n) is 10.3. The van der Waals surface area contributed by atoms with E-state index >= 15 is 0 Å². The molecule has 17 nitrogen and oxygen atoms in total. The molecule has 0 aromatic carbocycles. The van der Waals surface area contributed by atoms with Crippen LogP contribution >= 0.6 is 15.6 Å². The third-order valence-electron chi connectivity index (χ3n) is 16.1. The molecule has 0 aliphatic carbocycles. The number of allylic oxidation sites excluding steroid dienone is 16. The van der Waals surface area contributed by atoms with Crippen molar-refractivity contribution in [2.45, 2.75) is 341 Å². The quantitative estimate of drug-likeness (QED) is 0.0169. The third-order valence-corrected chi connectivity index (χ3v) is 18.0. The van der Waals surface area contributed by atoms with E-state index in [2.05, 4.69) is 125 Å². The SMILES string of the molecule is CC/C=C\C/C=C\C/C=C\C/C=C\CCCCCCC(=O)OCC(COP(=O)(O)OCC(O)COP(=O)(O)OCC(COC(=O)CCCC/C=C\C/C=C\C/C=C\C/C=C\CC)OC(=O)CCCCCCCCCCCCCCC)OC(=O)CCCCCCCCCCCCCCC. The van der Waals surface area contributed by atoms with Gasteiger partial charge in [0.05, 0.1) is 26.4 Å². The van der Waals surface area contributed by atoms with Gasteiger partial charge in [-0.15, -0.1) is 0 Å². The Bertz CT molecular complexity index is 2240. The summed E-state index contributed by atoms with van der Waals surface area (Å²) in [7, 11) is -9.96. The lowest BCUT2D eigenvalue weighted by atomic mass is 10.0. The summed E-state index contributed by atoms with van der Waals surface area (Å²) >= 11 is 0. The Labute approximate surface area is 595 Å². The lowest BCUT2D eigenvalue weighted by Gasteiger charge is -2.21. The van der Waals surface area contributed by atoms with Crippen LogP contribution in [0.4, 0.5) is 0 Å². The first-order valence-corrected chi connectivity index (χ1v) is 41.5. The minimum atomic E-state index is -4.98. The highest BCUT2D eigenvalue weighted by Gasteiger charge is 2.30. The van der Waals surface area contributed by atoms with Gasteiger partial charge in [0.1, 0.15) is 19.3 Å². The maximum atomic E-state index is 13.1. The van der Waals surface area contributed by atoms with Crippen molar-refractivity contribution in [3.05, 3.63) is 97.2 Å². The molecular weight excluding hydrogens is 1280 g/mol. The van der Waals surface area contributed by atoms with Crippen molar-refractivity contribution < 1.29 is 80.2 Å². The van der Waals surface area contributed by atoms with Crippen LogP contribution in [-0.4, -0.2) is 96.7 Å². The number of carbonyl (C=O) groups excluding carboxylic acids is 4. The number of carbonyl (C=O) groups is 4. The Balaban J connectivity index is 5.37. The number of phosphoric ester groups is 2. The highest BCUT2D eigenvalue weighted by Crippen LogP contribution is 2.45. The van der Waals surface area contributed by atoms with E-state index in [0.29, 0.717) is 25.7 Å². The molecule has 0 saturated heterocycles. The Kier molecular flexibility index (Phi) is 68.4. The predicted molar refractivity (Wildman–Crippen MR) is 399 cm³/mol. The molecule has 0 rings (SSSR count). The Morgan fingerprint density at radius 2 is 0.531 bits per heavy atom. The molecule has 0 aliphatic rings. The summed E-state index contributed by atoms with van der Waals surface area (Å²) in [6.07, 6.45) is 74.0. The van der Waals surface area contributed by atoms with Crippen molar-refractivity contribution in [2.75, 3.05) is 39.6 Å². The predicted octanol–water partition coefficient (Wildman–Crippen LogP) is 22.0. The van der Waals surface area contributed by atoms with Gasteiger partial charge in [-0.25, -0.2) is 9.13 Å². The van der Waals surface area contributed by atoms with Crippen molar-refractivity contribution in [2.24, 2.45) is 0 Å². The fourth-order valence-corrected chi connectivity index (χ4v) is 11.8. The number of unbranched alkanes of at least 4 members (excludes halogenated alkanes) is 30. The molecule has 0 aliphatic heterocycles. The average molecular weight is 1420 g/mol. The summed E-state index contributed by atoms with van der Waals surface area (Å²) in [6.45, 7) is 4.60. The topological polar surface area (TPSA) is 237 Å². The van der Waals surface area contributed by atoms with Crippen LogP contribution in [0.2, 0.25) is 0 Å². The molecule has 0 spiro atoms. The van der Waals surface area contributed by atoms with Crippen LogP contribution in [-0.2, 0) is 65.4 Å². The van der Waals surface area contributed by atoms with Crippen LogP contribution in [0.5, 0.6) is 0 Å². The van der Waals surface area contributed by atoms with E-state index in [4.69, 9.17) is 37.0 Å². The first-order chi connectivity index (χ1) is 47.7. The maximum Gasteiger partial charge on any atom is 0.472 e. The van der Waals surface area contributed by atoms with Crippen molar-refractivity contribution in [1.82, 2.24) is 0 Å². The number of aliphatic hydroxyl groups excluding tert-OH is 1. The van der Waals surface area contributed by atoms with Gasteiger partial charge in [-0.3, -0.25) is 37.3 Å². The molecule has 0 aromatic rings. The van der Waals surface area contributed by atoms with Gasteiger partial charge >= 0.3 is 39.5 Å². The van der Waals surface area contributed by atoms with Crippen LogP contribution in [0, 0.1) is 0 Å². The van der Waals surface area contributed by atoms with Gasteiger partial charge in [-0.1, -0.05) is 292 Å². The van der Waals surface area contributed by atoms with Crippen LogP contribution in [0.3, 0.4) is 0 Å². The minimum absolute atomic E-state index is 0.0888. The Morgan fingerprint density at radius 3 is 0.837 bits per heavy atom. The number of ether oxygens (including phenoxy) is 4. The van der Waals surface area contributed by atoms with Gasteiger partial charge in [0, 0.05) is 25.7 Å². The molecule has 0 saturated carbocycles. The van der Waals surface area contributed by atoms with E-state index in [9.17, 15) is 43.2 Å². The van der Waals surface area contributed by atoms with Crippen molar-refractivity contribution in [1.29, 1.82) is 0 Å². The van der Waals surface area contributed by atoms with E-state index in [1.165, 1.54) is 103 Å². The van der Waals surface area contributed by atoms with Crippen LogP contribution in [0.25, 0.3) is 0 Å². The lowest BCUT2D eigenvalue weighted by molar-refractivity contribution is -0.161. The second-order valence-corrected chi connectivity index (χ2v) is 28.5. The molecule has 0 heterocycles. The van der Waals surface area contributed by atoms with Gasteiger partial charge in [0.2, 0.25) is 0 Å². The summed E-state index contributed by atoms with van der Waals surface area (Å²) in [5, 5.41) is 10.6. The van der Waals surface area contributed by atoms with E-state index in [1.807, 2.05) is 0 Å². The molecule has 566 valence electrons. The molecule has 0 amide bonds. The summed E-state index contributed by atoms with van der Waals surface area (Å²) in [5.41, 5.74) is 0. The normalized spacial score (nSPS) is 14.5. The Hall–Kier alpha value is -4.02. The van der Waals surface area contributed by atoms with Crippen LogP contribution in [0.15, 0.2) is 97.2 Å². The van der Waals surface area contributed by atoms with Crippen molar-refractivity contribution >= 4 is 39.5 Å². The van der Waals surface area contributed by atoms with Crippen molar-refractivity contribution in [3.8, 4) is 0 Å². The standard InChI is InChI=1S/C79H138O17P2/c1-5-9-13-17-21-25-29-33-35-36-38-42-44-48-52-56-60-64-77(82)90-70-75(96-79(84)66-62-58-54-50-46-40-32-28-24-20-16-12-8-4)72-94-98(87,88)92-68-73(80)67-91-97(85,86)93-71-74(95-78(83)65-61-57-53-49-45-39-31-27-23-19-15-11-7-3)69-89-76(81)63-59-55-51-47-43-41-37-34-30-26-22-18-14-10-6-2/h9-10,13-14,21-22,25-26,33-35,37-38,42-43,47,73-75,80H,5-8,11-12,15-20,23-24,27-32,36,39-41,44-46,48-72H2,1-4H3,(H,85,86)(H,87,88)/b13-9-,14-10-,25-21-,26-22-,35-33-,37-34-,42-38-,47-43-. The molecule has 5 atom stereocenters. The minimum Gasteiger partial charge on any atom is -0.462 e. The van der Waals surface area contributed by atoms with E-state index in [-0.39, 0.29) is 25.7 Å². The largest absolute Gasteiger partial charge is 0.472 e. The zero-order chi connectivity index (χ0) is 71.8. The molecule has 19 heteroatoms. The number of hydrogen-bond acceptors (Lipinski definition) is 15. The lowest BCUT2D eigenvalue weighted by Crippen LogP contribution is -2.30. The summed E-state index contributed by atoms with van der Waals surface area (Å²) < 4.78 is 68.4. The highest BCUT2D eigenvalue weighted by atomic mass is 31.2. The van der Waals surface area contributed by atoms with Gasteiger partial charge in [-0.2, -0.15) is 0 Å². The van der Waals surface area contributed by atoms with Crippen LogP contribution in [0.1, 0.15) is 323 Å². The molecule has 3 N–H and O–H groups in total. The highest BCUT2D eigenvalue weighted by molar-refractivity contribution is 7.47. The monoisotopic (exact) mass is 1420 g/mol. The fraction of sp³-hybridized carbons (Fsp3) is 0.747. The Morgan fingerprint density at radius 1 is 0.296 bits per heavy atom. The molecule has 0 radical (unpaired) electrons. The molecule has 5 unspecified atom stereocenters. The van der Waals surface area contributed by atoms with Gasteiger partial charge in [-0.05, 0) is 103 Å². The van der Waals surface area contributed by atoms with Gasteiger partial charge in [0.15, 0.2) is 12.2 Å². The number of aliphatic hydroxyl groups is 1. The van der Waals surface area contributed by atoms with Crippen LogP contribution < -0.4 is 0 Å². The van der Waals surface area contributed by atoms with E-state index in [1.54, 1.807) is 0 Å². The van der Waals surface area contributed by atoms with Crippen molar-refractivity contribution in [3.63, 3.8) is 0 Å². The number of phosphoric acid groups is 2. The summed E-state index contributed by atoms with van der Waals surface area (Å²) in [6, 6.07) is 0. The average Bonchev–Trinajstić information content (AvgIpc) is 0.969. The first-order valence-electron chi connectivity index (χ1n) is 38.5. The summed E-state index contributed by atoms with van der Waals surface area (Å²) in [4.78, 5) is 72.8. The third kappa shape index (κ3) is 70.4. The number of hydrogen-bond donors (Lipinski definition) is 3. The molecule has 0 aromatic heterocycles. The first kappa shape index (κ1) is 94.0. The van der Waals surface area contributed by atoms with E-state index < -0.39 is 97.5 Å². The number of esters is 4. The zero-order valence-corrected chi connectivity index (χ0v) is 63.5. The second-order valence-electron chi connectivity index (χ2n) is 25.5. The number of rotatable bonds is 72. The summed E-state index contributed by atoms with van der Waals surface area (Å²) in [5.74, 6) is -2.23. The molecule has 98 heavy (non-hydrogen) atoms.